The van der Waals surface area contributed by atoms with Gasteiger partial charge in [0.25, 0.3) is 0 Å². The van der Waals surface area contributed by atoms with Crippen molar-refractivity contribution in [1.82, 2.24) is 19.8 Å². The maximum absolute atomic E-state index is 5.88. The van der Waals surface area contributed by atoms with Crippen LogP contribution in [0.5, 0.6) is 0 Å². The van der Waals surface area contributed by atoms with E-state index in [1.807, 2.05) is 60.4 Å². The Hall–Kier alpha value is -2.44. The topological polar surface area (TPSA) is 56.3 Å². The Bertz CT molecular complexity index is 812. The van der Waals surface area contributed by atoms with Crippen LogP contribution in [0.15, 0.2) is 53.3 Å². The first-order valence-corrected chi connectivity index (χ1v) is 8.60. The van der Waals surface area contributed by atoms with E-state index in [9.17, 15) is 0 Å². The molecule has 1 atom stereocenters. The van der Waals surface area contributed by atoms with Crippen LogP contribution in [0.4, 0.5) is 0 Å². The summed E-state index contributed by atoms with van der Waals surface area (Å²) in [6.45, 7) is 6.06. The number of nitrogens with zero attached hydrogens (tertiary/aromatic N) is 4. The van der Waals surface area contributed by atoms with E-state index in [2.05, 4.69) is 15.2 Å². The van der Waals surface area contributed by atoms with Gasteiger partial charge in [-0.2, -0.15) is 5.10 Å². The monoisotopic (exact) mass is 338 g/mol. The van der Waals surface area contributed by atoms with Gasteiger partial charge in [0, 0.05) is 30.9 Å². The molecule has 3 heterocycles. The van der Waals surface area contributed by atoms with E-state index in [1.165, 1.54) is 5.56 Å². The average Bonchev–Trinajstić information content (AvgIpc) is 3.25. The van der Waals surface area contributed by atoms with Crippen molar-refractivity contribution >= 4 is 0 Å². The molecular formula is C19H22N4O2. The zero-order valence-corrected chi connectivity index (χ0v) is 14.3. The third-order valence-electron chi connectivity index (χ3n) is 4.38. The van der Waals surface area contributed by atoms with Crippen molar-refractivity contribution in [2.24, 2.45) is 0 Å². The van der Waals surface area contributed by atoms with Gasteiger partial charge in [-0.25, -0.2) is 0 Å². The van der Waals surface area contributed by atoms with Gasteiger partial charge in [-0.15, -0.1) is 0 Å². The van der Waals surface area contributed by atoms with E-state index < -0.39 is 0 Å². The van der Waals surface area contributed by atoms with E-state index in [0.717, 1.165) is 49.8 Å². The van der Waals surface area contributed by atoms with Gasteiger partial charge in [-0.1, -0.05) is 35.5 Å². The number of hydrogen-bond donors (Lipinski definition) is 0. The molecule has 0 bridgehead atoms. The molecule has 2 aromatic heterocycles. The second-order valence-electron chi connectivity index (χ2n) is 6.51. The summed E-state index contributed by atoms with van der Waals surface area (Å²) in [4.78, 5) is 2.35. The molecule has 1 aromatic carbocycles. The van der Waals surface area contributed by atoms with Crippen molar-refractivity contribution in [2.45, 2.75) is 26.1 Å². The summed E-state index contributed by atoms with van der Waals surface area (Å²) in [6.07, 6.45) is 4.06. The molecule has 1 aliphatic heterocycles. The fourth-order valence-electron chi connectivity index (χ4n) is 3.16. The third kappa shape index (κ3) is 3.97. The SMILES string of the molecule is Cc1cnn(C[C@@H]2CN(Cc3cc(-c4ccccc4)no3)CCO2)c1. The minimum atomic E-state index is 0.143. The maximum atomic E-state index is 5.88. The lowest BCUT2D eigenvalue weighted by atomic mass is 10.1. The molecule has 0 N–H and O–H groups in total. The van der Waals surface area contributed by atoms with Crippen LogP contribution in [0.1, 0.15) is 11.3 Å². The van der Waals surface area contributed by atoms with Crippen LogP contribution in [0.3, 0.4) is 0 Å². The molecule has 6 heteroatoms. The van der Waals surface area contributed by atoms with Crippen LogP contribution in [-0.4, -0.2) is 45.6 Å². The van der Waals surface area contributed by atoms with Crippen molar-refractivity contribution in [3.05, 3.63) is 60.1 Å². The molecule has 130 valence electrons. The second-order valence-corrected chi connectivity index (χ2v) is 6.51. The van der Waals surface area contributed by atoms with Gasteiger partial charge in [-0.3, -0.25) is 9.58 Å². The van der Waals surface area contributed by atoms with Crippen LogP contribution in [0, 0.1) is 6.92 Å². The predicted molar refractivity (Wildman–Crippen MR) is 93.9 cm³/mol. The Morgan fingerprint density at radius 1 is 1.24 bits per heavy atom. The lowest BCUT2D eigenvalue weighted by Crippen LogP contribution is -2.43. The van der Waals surface area contributed by atoms with Crippen LogP contribution in [0.2, 0.25) is 0 Å². The van der Waals surface area contributed by atoms with Crippen LogP contribution in [-0.2, 0) is 17.8 Å². The number of morpholine rings is 1. The first kappa shape index (κ1) is 16.1. The highest BCUT2D eigenvalue weighted by Crippen LogP contribution is 2.20. The maximum Gasteiger partial charge on any atom is 0.151 e. The number of hydrogen-bond acceptors (Lipinski definition) is 5. The molecule has 0 saturated carbocycles. The Morgan fingerprint density at radius 2 is 2.12 bits per heavy atom. The van der Waals surface area contributed by atoms with Gasteiger partial charge in [0.15, 0.2) is 5.76 Å². The average molecular weight is 338 g/mol. The van der Waals surface area contributed by atoms with Gasteiger partial charge >= 0.3 is 0 Å². The fourth-order valence-corrected chi connectivity index (χ4v) is 3.16. The number of rotatable bonds is 5. The molecule has 1 aliphatic rings. The summed E-state index contributed by atoms with van der Waals surface area (Å²) >= 11 is 0. The third-order valence-corrected chi connectivity index (χ3v) is 4.38. The van der Waals surface area contributed by atoms with Crippen molar-refractivity contribution in [2.75, 3.05) is 19.7 Å². The summed E-state index contributed by atoms with van der Waals surface area (Å²) in [5, 5.41) is 8.54. The second kappa shape index (κ2) is 7.21. The highest BCUT2D eigenvalue weighted by molar-refractivity contribution is 5.58. The van der Waals surface area contributed by atoms with E-state index in [4.69, 9.17) is 9.26 Å². The Labute approximate surface area is 147 Å². The first-order valence-electron chi connectivity index (χ1n) is 8.60. The standard InChI is InChI=1S/C19H22N4O2/c1-15-10-20-23(11-15)14-18-13-22(7-8-24-18)12-17-9-19(21-25-17)16-5-3-2-4-6-16/h2-6,9-11,18H,7-8,12-14H2,1H3/t18-/m0/s1. The Kier molecular flexibility index (Phi) is 4.63. The lowest BCUT2D eigenvalue weighted by molar-refractivity contribution is -0.0422. The largest absolute Gasteiger partial charge is 0.374 e. The predicted octanol–water partition coefficient (Wildman–Crippen LogP) is 2.75. The molecule has 0 aliphatic carbocycles. The van der Waals surface area contributed by atoms with E-state index in [1.54, 1.807) is 0 Å². The minimum absolute atomic E-state index is 0.143. The van der Waals surface area contributed by atoms with E-state index in [-0.39, 0.29) is 6.10 Å². The van der Waals surface area contributed by atoms with Crippen molar-refractivity contribution < 1.29 is 9.26 Å². The van der Waals surface area contributed by atoms with Crippen LogP contribution in [0.25, 0.3) is 11.3 Å². The van der Waals surface area contributed by atoms with Gasteiger partial charge in [0.1, 0.15) is 5.69 Å². The number of benzene rings is 1. The minimum Gasteiger partial charge on any atom is -0.374 e. The molecule has 0 radical (unpaired) electrons. The van der Waals surface area contributed by atoms with Gasteiger partial charge in [-0.05, 0) is 12.5 Å². The number of aryl methyl sites for hydroxylation is 1. The molecular weight excluding hydrogens is 316 g/mol. The zero-order valence-electron chi connectivity index (χ0n) is 14.3. The summed E-state index contributed by atoms with van der Waals surface area (Å²) in [7, 11) is 0. The molecule has 0 unspecified atom stereocenters. The molecule has 6 nitrogen and oxygen atoms in total. The lowest BCUT2D eigenvalue weighted by Gasteiger charge is -2.32. The van der Waals surface area contributed by atoms with Crippen LogP contribution < -0.4 is 0 Å². The summed E-state index contributed by atoms with van der Waals surface area (Å²) < 4.78 is 13.4. The molecule has 25 heavy (non-hydrogen) atoms. The quantitative estimate of drug-likeness (QED) is 0.716. The van der Waals surface area contributed by atoms with E-state index in [0.29, 0.717) is 0 Å². The van der Waals surface area contributed by atoms with Gasteiger partial charge < -0.3 is 9.26 Å². The normalized spacial score (nSPS) is 18.5. The zero-order chi connectivity index (χ0) is 17.1. The molecule has 0 spiro atoms. The van der Waals surface area contributed by atoms with Crippen molar-refractivity contribution in [3.8, 4) is 11.3 Å². The first-order chi connectivity index (χ1) is 12.3. The molecule has 4 rings (SSSR count). The van der Waals surface area contributed by atoms with Crippen molar-refractivity contribution in [1.29, 1.82) is 0 Å². The summed E-state index contributed by atoms with van der Waals surface area (Å²) in [5.41, 5.74) is 3.13. The molecule has 1 saturated heterocycles. The molecule has 1 fully saturated rings. The number of ether oxygens (including phenoxy) is 1. The molecule has 0 amide bonds. The number of aromatic nitrogens is 3. The van der Waals surface area contributed by atoms with Crippen LogP contribution >= 0.6 is 0 Å². The summed E-state index contributed by atoms with van der Waals surface area (Å²) in [5.74, 6) is 0.884. The van der Waals surface area contributed by atoms with E-state index >= 15 is 0 Å². The Balaban J connectivity index is 1.37. The molecule has 3 aromatic rings. The smallest absolute Gasteiger partial charge is 0.151 e. The van der Waals surface area contributed by atoms with Gasteiger partial charge in [0.2, 0.25) is 0 Å². The highest BCUT2D eigenvalue weighted by atomic mass is 16.5. The highest BCUT2D eigenvalue weighted by Gasteiger charge is 2.22. The van der Waals surface area contributed by atoms with Gasteiger partial charge in [0.05, 0.1) is 32.0 Å². The Morgan fingerprint density at radius 3 is 2.92 bits per heavy atom. The fraction of sp³-hybridized carbons (Fsp3) is 0.368. The summed E-state index contributed by atoms with van der Waals surface area (Å²) in [6, 6.07) is 12.1. The van der Waals surface area contributed by atoms with Crippen molar-refractivity contribution in [3.63, 3.8) is 0 Å².